The van der Waals surface area contributed by atoms with Gasteiger partial charge in [-0.05, 0) is 35.9 Å². The van der Waals surface area contributed by atoms with Crippen molar-refractivity contribution in [2.24, 2.45) is 0 Å². The predicted molar refractivity (Wildman–Crippen MR) is 73.3 cm³/mol. The quantitative estimate of drug-likeness (QED) is 0.530. The molecule has 0 aliphatic carbocycles. The standard InChI is InChI=1S/C15H10FN3/c16-10-2-3-11-12(7-17-14(11)6-10)9-1-4-13-15(5-9)19-8-18-13/h1-8,17H,(H,18,19). The summed E-state index contributed by atoms with van der Waals surface area (Å²) >= 11 is 0. The Bertz CT molecular complexity index is 889. The zero-order valence-corrected chi connectivity index (χ0v) is 9.94. The Kier molecular flexibility index (Phi) is 2.00. The largest absolute Gasteiger partial charge is 0.360 e. The highest BCUT2D eigenvalue weighted by Gasteiger charge is 2.08. The van der Waals surface area contributed by atoms with Crippen LogP contribution in [0.4, 0.5) is 4.39 Å². The fourth-order valence-corrected chi connectivity index (χ4v) is 2.44. The summed E-state index contributed by atoms with van der Waals surface area (Å²) in [6.45, 7) is 0. The highest BCUT2D eigenvalue weighted by Crippen LogP contribution is 2.30. The van der Waals surface area contributed by atoms with Crippen molar-refractivity contribution in [2.45, 2.75) is 0 Å². The van der Waals surface area contributed by atoms with Crippen molar-refractivity contribution in [2.75, 3.05) is 0 Å². The molecule has 4 aromatic rings. The van der Waals surface area contributed by atoms with Crippen LogP contribution in [-0.4, -0.2) is 15.0 Å². The van der Waals surface area contributed by atoms with E-state index in [1.54, 1.807) is 12.4 Å². The third-order valence-electron chi connectivity index (χ3n) is 3.38. The van der Waals surface area contributed by atoms with E-state index in [4.69, 9.17) is 0 Å². The molecular weight excluding hydrogens is 241 g/mol. The van der Waals surface area contributed by atoms with Crippen molar-refractivity contribution < 1.29 is 4.39 Å². The van der Waals surface area contributed by atoms with Gasteiger partial charge >= 0.3 is 0 Å². The summed E-state index contributed by atoms with van der Waals surface area (Å²) in [6.07, 6.45) is 3.58. The molecule has 0 saturated heterocycles. The minimum Gasteiger partial charge on any atom is -0.360 e. The molecule has 0 amide bonds. The normalized spacial score (nSPS) is 11.4. The minimum atomic E-state index is -0.232. The molecule has 0 saturated carbocycles. The number of rotatable bonds is 1. The third kappa shape index (κ3) is 1.53. The third-order valence-corrected chi connectivity index (χ3v) is 3.38. The number of H-pyrrole nitrogens is 2. The number of aromatic amines is 2. The minimum absolute atomic E-state index is 0.232. The Morgan fingerprint density at radius 2 is 1.89 bits per heavy atom. The van der Waals surface area contributed by atoms with Gasteiger partial charge in [-0.25, -0.2) is 9.37 Å². The molecule has 2 N–H and O–H groups in total. The van der Waals surface area contributed by atoms with Gasteiger partial charge in [0, 0.05) is 22.7 Å². The number of halogens is 1. The number of nitrogens with one attached hydrogen (secondary N) is 2. The molecule has 0 spiro atoms. The lowest BCUT2D eigenvalue weighted by Crippen LogP contribution is -1.78. The summed E-state index contributed by atoms with van der Waals surface area (Å²) in [7, 11) is 0. The summed E-state index contributed by atoms with van der Waals surface area (Å²) in [6, 6.07) is 10.8. The van der Waals surface area contributed by atoms with Crippen LogP contribution in [0.15, 0.2) is 48.9 Å². The molecule has 0 radical (unpaired) electrons. The van der Waals surface area contributed by atoms with E-state index >= 15 is 0 Å². The number of nitrogens with zero attached hydrogens (tertiary/aromatic N) is 1. The maximum absolute atomic E-state index is 13.2. The van der Waals surface area contributed by atoms with Gasteiger partial charge in [0.1, 0.15) is 5.82 Å². The monoisotopic (exact) mass is 251 g/mol. The van der Waals surface area contributed by atoms with E-state index in [0.29, 0.717) is 0 Å². The van der Waals surface area contributed by atoms with Crippen LogP contribution in [0, 0.1) is 5.82 Å². The van der Waals surface area contributed by atoms with Crippen molar-refractivity contribution in [1.29, 1.82) is 0 Å². The summed E-state index contributed by atoms with van der Waals surface area (Å²) < 4.78 is 13.2. The van der Waals surface area contributed by atoms with Crippen LogP contribution in [-0.2, 0) is 0 Å². The van der Waals surface area contributed by atoms with E-state index in [1.807, 2.05) is 24.4 Å². The number of hydrogen-bond donors (Lipinski definition) is 2. The zero-order chi connectivity index (χ0) is 12.8. The van der Waals surface area contributed by atoms with Crippen molar-refractivity contribution >= 4 is 21.9 Å². The first kappa shape index (κ1) is 10.3. The van der Waals surface area contributed by atoms with Gasteiger partial charge < -0.3 is 9.97 Å². The summed E-state index contributed by atoms with van der Waals surface area (Å²) in [5.74, 6) is -0.232. The second kappa shape index (κ2) is 3.68. The Labute approximate surface area is 108 Å². The molecule has 19 heavy (non-hydrogen) atoms. The molecule has 3 nitrogen and oxygen atoms in total. The van der Waals surface area contributed by atoms with Crippen molar-refractivity contribution in [3.63, 3.8) is 0 Å². The average molecular weight is 251 g/mol. The second-order valence-corrected chi connectivity index (χ2v) is 4.53. The molecule has 0 fully saturated rings. The van der Waals surface area contributed by atoms with E-state index in [-0.39, 0.29) is 5.82 Å². The second-order valence-electron chi connectivity index (χ2n) is 4.53. The first-order chi connectivity index (χ1) is 9.31. The van der Waals surface area contributed by atoms with E-state index in [9.17, 15) is 4.39 Å². The van der Waals surface area contributed by atoms with Gasteiger partial charge in [0.15, 0.2) is 0 Å². The molecular formula is C15H10FN3. The number of aromatic nitrogens is 3. The van der Waals surface area contributed by atoms with Gasteiger partial charge in [-0.2, -0.15) is 0 Å². The van der Waals surface area contributed by atoms with Crippen molar-refractivity contribution in [1.82, 2.24) is 15.0 Å². The highest BCUT2D eigenvalue weighted by atomic mass is 19.1. The lowest BCUT2D eigenvalue weighted by atomic mass is 10.0. The maximum Gasteiger partial charge on any atom is 0.125 e. The van der Waals surface area contributed by atoms with Gasteiger partial charge in [0.2, 0.25) is 0 Å². The van der Waals surface area contributed by atoms with Crippen molar-refractivity contribution in [3.05, 3.63) is 54.7 Å². The fourth-order valence-electron chi connectivity index (χ4n) is 2.44. The molecule has 92 valence electrons. The van der Waals surface area contributed by atoms with Crippen molar-refractivity contribution in [3.8, 4) is 11.1 Å². The average Bonchev–Trinajstić information content (AvgIpc) is 3.02. The molecule has 0 unspecified atom stereocenters. The van der Waals surface area contributed by atoms with E-state index < -0.39 is 0 Å². The summed E-state index contributed by atoms with van der Waals surface area (Å²) in [5.41, 5.74) is 4.88. The van der Waals surface area contributed by atoms with Crippen LogP contribution in [0.3, 0.4) is 0 Å². The SMILES string of the molecule is Fc1ccc2c(-c3ccc4nc[nH]c4c3)c[nH]c2c1. The predicted octanol–water partition coefficient (Wildman–Crippen LogP) is 3.85. The van der Waals surface area contributed by atoms with Gasteiger partial charge in [-0.15, -0.1) is 0 Å². The van der Waals surface area contributed by atoms with Gasteiger partial charge in [-0.1, -0.05) is 6.07 Å². The molecule has 0 bridgehead atoms. The first-order valence-corrected chi connectivity index (χ1v) is 6.01. The van der Waals surface area contributed by atoms with Gasteiger partial charge in [0.05, 0.1) is 17.4 Å². The van der Waals surface area contributed by atoms with Crippen LogP contribution < -0.4 is 0 Å². The van der Waals surface area contributed by atoms with Crippen LogP contribution >= 0.6 is 0 Å². The van der Waals surface area contributed by atoms with Gasteiger partial charge in [-0.3, -0.25) is 0 Å². The summed E-state index contributed by atoms with van der Waals surface area (Å²) in [4.78, 5) is 10.4. The topological polar surface area (TPSA) is 44.5 Å². The van der Waals surface area contributed by atoms with Crippen LogP contribution in [0.25, 0.3) is 33.1 Å². The smallest absolute Gasteiger partial charge is 0.125 e. The van der Waals surface area contributed by atoms with Crippen LogP contribution in [0.2, 0.25) is 0 Å². The number of imidazole rings is 1. The molecule has 2 aromatic carbocycles. The van der Waals surface area contributed by atoms with E-state index in [2.05, 4.69) is 15.0 Å². The first-order valence-electron chi connectivity index (χ1n) is 6.01. The van der Waals surface area contributed by atoms with Crippen LogP contribution in [0.5, 0.6) is 0 Å². The molecule has 2 aromatic heterocycles. The molecule has 0 atom stereocenters. The van der Waals surface area contributed by atoms with E-state index in [0.717, 1.165) is 33.1 Å². The van der Waals surface area contributed by atoms with Crippen LogP contribution in [0.1, 0.15) is 0 Å². The molecule has 0 aliphatic heterocycles. The Balaban J connectivity index is 1.97. The Morgan fingerprint density at radius 1 is 0.947 bits per heavy atom. The summed E-state index contributed by atoms with van der Waals surface area (Å²) in [5, 5.41) is 1.01. The van der Waals surface area contributed by atoms with Gasteiger partial charge in [0.25, 0.3) is 0 Å². The maximum atomic E-state index is 13.2. The number of benzene rings is 2. The lowest BCUT2D eigenvalue weighted by Gasteiger charge is -2.00. The molecule has 2 heterocycles. The number of fused-ring (bicyclic) bond motifs is 2. The molecule has 4 heteroatoms. The fraction of sp³-hybridized carbons (Fsp3) is 0. The highest BCUT2D eigenvalue weighted by molar-refractivity contribution is 5.97. The molecule has 0 aliphatic rings. The number of hydrogen-bond acceptors (Lipinski definition) is 1. The zero-order valence-electron chi connectivity index (χ0n) is 9.94. The lowest BCUT2D eigenvalue weighted by molar-refractivity contribution is 0.629. The Hall–Kier alpha value is -2.62. The molecule has 4 rings (SSSR count). The Morgan fingerprint density at radius 3 is 2.84 bits per heavy atom. The van der Waals surface area contributed by atoms with E-state index in [1.165, 1.54) is 12.1 Å².